The van der Waals surface area contributed by atoms with Crippen LogP contribution in [0, 0.1) is 0 Å². The summed E-state index contributed by atoms with van der Waals surface area (Å²) in [5.74, 6) is 1.90. The van der Waals surface area contributed by atoms with E-state index in [1.807, 2.05) is 54.6 Å². The second-order valence-electron chi connectivity index (χ2n) is 10.3. The van der Waals surface area contributed by atoms with Crippen molar-refractivity contribution in [2.75, 3.05) is 0 Å². The summed E-state index contributed by atoms with van der Waals surface area (Å²) >= 11 is 6.27. The van der Waals surface area contributed by atoms with E-state index in [-0.39, 0.29) is 0 Å². The highest BCUT2D eigenvalue weighted by atomic mass is 35.5. The van der Waals surface area contributed by atoms with Crippen LogP contribution in [0.1, 0.15) is 0 Å². The molecule has 1 aromatic heterocycles. The summed E-state index contributed by atoms with van der Waals surface area (Å²) in [5.41, 5.74) is 9.50. The lowest BCUT2D eigenvalue weighted by atomic mass is 9.98. The van der Waals surface area contributed by atoms with Crippen LogP contribution in [0.5, 0.6) is 0 Å². The van der Waals surface area contributed by atoms with Gasteiger partial charge in [-0.1, -0.05) is 145 Å². The van der Waals surface area contributed by atoms with Crippen molar-refractivity contribution in [1.29, 1.82) is 0 Å². The summed E-state index contributed by atoms with van der Waals surface area (Å²) in [6, 6.07) is 53.6. The van der Waals surface area contributed by atoms with Crippen LogP contribution < -0.4 is 0 Å². The van der Waals surface area contributed by atoms with E-state index in [0.717, 1.165) is 49.5 Å². The summed E-state index contributed by atoms with van der Waals surface area (Å²) in [6.07, 6.45) is 0. The fraction of sp³-hybridized carbons (Fsp3) is 0. The largest absolute Gasteiger partial charge is 0.208 e. The Morgan fingerprint density at radius 3 is 1.19 bits per heavy atom. The Kier molecular flexibility index (Phi) is 7.31. The van der Waals surface area contributed by atoms with Crippen molar-refractivity contribution in [3.63, 3.8) is 0 Å². The van der Waals surface area contributed by atoms with Gasteiger partial charge in [0.15, 0.2) is 17.5 Å². The minimum atomic E-state index is 0.629. The Balaban J connectivity index is 1.29. The lowest BCUT2D eigenvalue weighted by Gasteiger charge is -2.11. The van der Waals surface area contributed by atoms with Crippen molar-refractivity contribution in [2.24, 2.45) is 0 Å². The molecule has 0 atom stereocenters. The van der Waals surface area contributed by atoms with Gasteiger partial charge in [0.25, 0.3) is 0 Å². The van der Waals surface area contributed by atoms with Crippen LogP contribution in [0.4, 0.5) is 0 Å². The number of halogens is 1. The lowest BCUT2D eigenvalue weighted by molar-refractivity contribution is 1.07. The Morgan fingerprint density at radius 2 is 0.628 bits per heavy atom. The molecule has 0 bridgehead atoms. The maximum Gasteiger partial charge on any atom is 0.164 e. The predicted molar refractivity (Wildman–Crippen MR) is 177 cm³/mol. The van der Waals surface area contributed by atoms with Gasteiger partial charge in [-0.3, -0.25) is 0 Å². The number of benzene rings is 6. The topological polar surface area (TPSA) is 38.7 Å². The molecule has 0 spiro atoms. The number of hydrogen-bond donors (Lipinski definition) is 0. The molecular formula is C39H26ClN3. The van der Waals surface area contributed by atoms with Crippen molar-refractivity contribution >= 4 is 11.6 Å². The summed E-state index contributed by atoms with van der Waals surface area (Å²) in [4.78, 5) is 14.8. The second kappa shape index (κ2) is 11.8. The number of nitrogens with zero attached hydrogens (tertiary/aromatic N) is 3. The summed E-state index contributed by atoms with van der Waals surface area (Å²) in [7, 11) is 0. The minimum Gasteiger partial charge on any atom is -0.208 e. The lowest BCUT2D eigenvalue weighted by Crippen LogP contribution is -2.00. The molecule has 4 heteroatoms. The van der Waals surface area contributed by atoms with E-state index >= 15 is 0 Å². The monoisotopic (exact) mass is 571 g/mol. The number of hydrogen-bond acceptors (Lipinski definition) is 3. The molecule has 0 aliphatic carbocycles. The third-order valence-electron chi connectivity index (χ3n) is 7.39. The highest BCUT2D eigenvalue weighted by Gasteiger charge is 2.13. The van der Waals surface area contributed by atoms with E-state index in [9.17, 15) is 0 Å². The van der Waals surface area contributed by atoms with Gasteiger partial charge in [-0.25, -0.2) is 15.0 Å². The average molecular weight is 572 g/mol. The van der Waals surface area contributed by atoms with Gasteiger partial charge in [0, 0.05) is 21.7 Å². The molecule has 0 radical (unpaired) electrons. The molecule has 0 saturated heterocycles. The Morgan fingerprint density at radius 1 is 0.279 bits per heavy atom. The van der Waals surface area contributed by atoms with Crippen LogP contribution in [0.2, 0.25) is 5.02 Å². The van der Waals surface area contributed by atoms with Gasteiger partial charge in [-0.15, -0.1) is 0 Å². The first-order chi connectivity index (χ1) is 21.2. The van der Waals surface area contributed by atoms with Crippen LogP contribution in [0.25, 0.3) is 67.5 Å². The average Bonchev–Trinajstić information content (AvgIpc) is 3.09. The number of aromatic nitrogens is 3. The molecule has 0 saturated carbocycles. The fourth-order valence-corrected chi connectivity index (χ4v) is 5.37. The zero-order valence-electron chi connectivity index (χ0n) is 23.2. The first-order valence-corrected chi connectivity index (χ1v) is 14.5. The molecule has 0 aliphatic rings. The smallest absolute Gasteiger partial charge is 0.164 e. The molecule has 0 N–H and O–H groups in total. The third-order valence-corrected chi connectivity index (χ3v) is 7.63. The molecule has 3 nitrogen and oxygen atoms in total. The molecule has 7 aromatic rings. The summed E-state index contributed by atoms with van der Waals surface area (Å²) in [6.45, 7) is 0. The van der Waals surface area contributed by atoms with Crippen molar-refractivity contribution < 1.29 is 0 Å². The Labute approximate surface area is 256 Å². The van der Waals surface area contributed by atoms with Crippen molar-refractivity contribution in [1.82, 2.24) is 15.0 Å². The SMILES string of the molecule is Clc1cccc(-c2cccc(-c3cccc(-c4nc(-c5ccccc5)nc(-c5ccc(-c6ccccc6)cc5)n4)c3)c2)c1. The van der Waals surface area contributed by atoms with Crippen LogP contribution in [0.3, 0.4) is 0 Å². The molecule has 204 valence electrons. The number of rotatable bonds is 6. The highest BCUT2D eigenvalue weighted by molar-refractivity contribution is 6.30. The van der Waals surface area contributed by atoms with E-state index in [0.29, 0.717) is 17.5 Å². The van der Waals surface area contributed by atoms with Crippen LogP contribution in [0.15, 0.2) is 158 Å². The Hall–Kier alpha value is -5.38. The fourth-order valence-electron chi connectivity index (χ4n) is 5.18. The van der Waals surface area contributed by atoms with Crippen LogP contribution >= 0.6 is 11.6 Å². The van der Waals surface area contributed by atoms with Crippen LogP contribution in [-0.4, -0.2) is 15.0 Å². The molecule has 0 aliphatic heterocycles. The van der Waals surface area contributed by atoms with Gasteiger partial charge in [0.1, 0.15) is 0 Å². The van der Waals surface area contributed by atoms with Gasteiger partial charge >= 0.3 is 0 Å². The molecule has 0 amide bonds. The van der Waals surface area contributed by atoms with Gasteiger partial charge in [-0.05, 0) is 57.6 Å². The van der Waals surface area contributed by atoms with Gasteiger partial charge in [0.05, 0.1) is 0 Å². The second-order valence-corrected chi connectivity index (χ2v) is 10.7. The van der Waals surface area contributed by atoms with E-state index in [1.54, 1.807) is 0 Å². The van der Waals surface area contributed by atoms with E-state index < -0.39 is 0 Å². The van der Waals surface area contributed by atoms with Gasteiger partial charge < -0.3 is 0 Å². The predicted octanol–water partition coefficient (Wildman–Crippen LogP) is 10.5. The molecular weight excluding hydrogens is 546 g/mol. The first-order valence-electron chi connectivity index (χ1n) is 14.1. The minimum absolute atomic E-state index is 0.629. The van der Waals surface area contributed by atoms with E-state index in [2.05, 4.69) is 103 Å². The maximum atomic E-state index is 6.27. The first kappa shape index (κ1) is 26.5. The van der Waals surface area contributed by atoms with E-state index in [1.165, 1.54) is 5.56 Å². The highest BCUT2D eigenvalue weighted by Crippen LogP contribution is 2.31. The van der Waals surface area contributed by atoms with Gasteiger partial charge in [0.2, 0.25) is 0 Å². The quantitative estimate of drug-likeness (QED) is 0.199. The zero-order chi connectivity index (χ0) is 29.0. The molecule has 0 unspecified atom stereocenters. The molecule has 7 rings (SSSR count). The molecule has 1 heterocycles. The standard InChI is InChI=1S/C39H26ClN3/c40-36-19-9-17-34(26-36)32-15-7-14-31(24-32)33-16-8-18-35(25-33)39-42-37(29-12-5-2-6-13-29)41-38(43-39)30-22-20-28(21-23-30)27-10-3-1-4-11-27/h1-26H. The zero-order valence-corrected chi connectivity index (χ0v) is 24.0. The van der Waals surface area contributed by atoms with E-state index in [4.69, 9.17) is 26.6 Å². The van der Waals surface area contributed by atoms with Gasteiger partial charge in [-0.2, -0.15) is 0 Å². The molecule has 6 aromatic carbocycles. The normalized spacial score (nSPS) is 10.9. The van der Waals surface area contributed by atoms with Crippen molar-refractivity contribution in [3.05, 3.63) is 163 Å². The maximum absolute atomic E-state index is 6.27. The third kappa shape index (κ3) is 5.85. The Bertz CT molecular complexity index is 2020. The molecule has 0 fully saturated rings. The molecule has 43 heavy (non-hydrogen) atoms. The summed E-state index contributed by atoms with van der Waals surface area (Å²) < 4.78 is 0. The van der Waals surface area contributed by atoms with Crippen LogP contribution in [-0.2, 0) is 0 Å². The van der Waals surface area contributed by atoms with Crippen molar-refractivity contribution in [2.45, 2.75) is 0 Å². The van der Waals surface area contributed by atoms with Crippen molar-refractivity contribution in [3.8, 4) is 67.5 Å². The summed E-state index contributed by atoms with van der Waals surface area (Å²) in [5, 5.41) is 0.722.